The van der Waals surface area contributed by atoms with Gasteiger partial charge in [0, 0.05) is 10.5 Å². The van der Waals surface area contributed by atoms with Crippen LogP contribution in [0.15, 0.2) is 40.9 Å². The first-order valence-corrected chi connectivity index (χ1v) is 7.31. The minimum atomic E-state index is 0.191. The molecule has 1 aliphatic rings. The summed E-state index contributed by atoms with van der Waals surface area (Å²) in [4.78, 5) is 0. The molecular weight excluding hydrogens is 354 g/mol. The molecule has 0 fully saturated rings. The number of nitriles is 1. The fourth-order valence-corrected chi connectivity index (χ4v) is 2.48. The lowest BCUT2D eigenvalue weighted by Gasteiger charge is -2.04. The molecule has 0 bridgehead atoms. The first-order valence-electron chi connectivity index (χ1n) is 6.14. The lowest BCUT2D eigenvalue weighted by molar-refractivity contribution is 0.174. The molecule has 0 amide bonds. The first-order chi connectivity index (χ1) is 10.2. The Balaban J connectivity index is 2.03. The van der Waals surface area contributed by atoms with Crippen molar-refractivity contribution in [3.8, 4) is 17.6 Å². The first kappa shape index (κ1) is 14.0. The van der Waals surface area contributed by atoms with E-state index in [1.54, 1.807) is 18.2 Å². The van der Waals surface area contributed by atoms with Gasteiger partial charge in [-0.1, -0.05) is 39.7 Å². The molecule has 0 atom stereocenters. The Morgan fingerprint density at radius 3 is 2.52 bits per heavy atom. The van der Waals surface area contributed by atoms with Crippen molar-refractivity contribution in [2.45, 2.75) is 0 Å². The molecule has 0 N–H and O–H groups in total. The summed E-state index contributed by atoms with van der Waals surface area (Å²) in [6.45, 7) is 0.191. The van der Waals surface area contributed by atoms with Crippen LogP contribution in [0.25, 0.3) is 11.6 Å². The summed E-state index contributed by atoms with van der Waals surface area (Å²) in [5.41, 5.74) is 2.08. The molecular formula is C16H9BrClNO2. The number of ether oxygens (including phenoxy) is 2. The van der Waals surface area contributed by atoms with Crippen LogP contribution in [0, 0.1) is 11.3 Å². The highest BCUT2D eigenvalue weighted by Gasteiger charge is 2.16. The highest BCUT2D eigenvalue weighted by Crippen LogP contribution is 2.38. The number of benzene rings is 2. The molecule has 0 aliphatic carbocycles. The third-order valence-electron chi connectivity index (χ3n) is 3.07. The van der Waals surface area contributed by atoms with E-state index in [-0.39, 0.29) is 6.79 Å². The van der Waals surface area contributed by atoms with E-state index in [9.17, 15) is 5.26 Å². The van der Waals surface area contributed by atoms with E-state index < -0.39 is 0 Å². The van der Waals surface area contributed by atoms with Crippen molar-refractivity contribution in [3.63, 3.8) is 0 Å². The van der Waals surface area contributed by atoms with Gasteiger partial charge in [0.15, 0.2) is 11.5 Å². The van der Waals surface area contributed by atoms with Crippen LogP contribution < -0.4 is 9.47 Å². The third kappa shape index (κ3) is 2.90. The molecule has 0 radical (unpaired) electrons. The van der Waals surface area contributed by atoms with Gasteiger partial charge in [-0.2, -0.15) is 5.26 Å². The van der Waals surface area contributed by atoms with Gasteiger partial charge in [-0.15, -0.1) is 0 Å². The van der Waals surface area contributed by atoms with Gasteiger partial charge in [-0.25, -0.2) is 0 Å². The van der Waals surface area contributed by atoms with Crippen LogP contribution in [0.4, 0.5) is 0 Å². The predicted octanol–water partition coefficient (Wildman–Crippen LogP) is 4.90. The molecule has 0 saturated carbocycles. The largest absolute Gasteiger partial charge is 0.454 e. The van der Waals surface area contributed by atoms with Gasteiger partial charge in [0.25, 0.3) is 0 Å². The van der Waals surface area contributed by atoms with Gasteiger partial charge < -0.3 is 9.47 Å². The van der Waals surface area contributed by atoms with Gasteiger partial charge in [0.05, 0.1) is 16.7 Å². The summed E-state index contributed by atoms with van der Waals surface area (Å²) in [7, 11) is 0. The molecule has 0 aromatic heterocycles. The lowest BCUT2D eigenvalue weighted by atomic mass is 10.0. The van der Waals surface area contributed by atoms with Crippen molar-refractivity contribution in [2.24, 2.45) is 0 Å². The Labute approximate surface area is 135 Å². The Bertz CT molecular complexity index is 763. The SMILES string of the molecule is N#C/C(=C\c1cc2c(cc1Cl)OCO2)c1ccc(Br)cc1. The number of halogens is 2. The minimum Gasteiger partial charge on any atom is -0.454 e. The number of hydrogen-bond donors (Lipinski definition) is 0. The molecule has 1 aliphatic heterocycles. The zero-order chi connectivity index (χ0) is 14.8. The number of hydrogen-bond acceptors (Lipinski definition) is 3. The standard InChI is InChI=1S/C16H9BrClNO2/c17-13-3-1-10(2-4-13)12(8-19)5-11-6-15-16(7-14(11)18)21-9-20-15/h1-7H,9H2/b12-5+. The maximum absolute atomic E-state index is 9.37. The quantitative estimate of drug-likeness (QED) is 0.564. The second-order valence-electron chi connectivity index (χ2n) is 4.40. The molecule has 3 rings (SSSR count). The summed E-state index contributed by atoms with van der Waals surface area (Å²) >= 11 is 9.60. The molecule has 0 spiro atoms. The molecule has 21 heavy (non-hydrogen) atoms. The van der Waals surface area contributed by atoms with Crippen LogP contribution in [0.2, 0.25) is 5.02 Å². The van der Waals surface area contributed by atoms with E-state index in [2.05, 4.69) is 22.0 Å². The van der Waals surface area contributed by atoms with Gasteiger partial charge in [0.2, 0.25) is 6.79 Å². The molecule has 5 heteroatoms. The zero-order valence-electron chi connectivity index (χ0n) is 10.8. The van der Waals surface area contributed by atoms with Crippen LogP contribution in [0.5, 0.6) is 11.5 Å². The van der Waals surface area contributed by atoms with E-state index in [0.29, 0.717) is 22.1 Å². The summed E-state index contributed by atoms with van der Waals surface area (Å²) in [5, 5.41) is 9.88. The minimum absolute atomic E-state index is 0.191. The van der Waals surface area contributed by atoms with Crippen molar-refractivity contribution in [2.75, 3.05) is 6.79 Å². The van der Waals surface area contributed by atoms with Crippen molar-refractivity contribution < 1.29 is 9.47 Å². The summed E-state index contributed by atoms with van der Waals surface area (Å²) < 4.78 is 11.6. The Morgan fingerprint density at radius 1 is 1.19 bits per heavy atom. The van der Waals surface area contributed by atoms with E-state index in [1.807, 2.05) is 24.3 Å². The highest BCUT2D eigenvalue weighted by molar-refractivity contribution is 9.10. The maximum Gasteiger partial charge on any atom is 0.231 e. The predicted molar refractivity (Wildman–Crippen MR) is 85.2 cm³/mol. The number of nitrogens with zero attached hydrogens (tertiary/aromatic N) is 1. The second kappa shape index (κ2) is 5.80. The number of rotatable bonds is 2. The molecule has 0 saturated heterocycles. The van der Waals surface area contributed by atoms with Crippen LogP contribution in [-0.4, -0.2) is 6.79 Å². The van der Waals surface area contributed by atoms with Gasteiger partial charge in [-0.05, 0) is 35.4 Å². The zero-order valence-corrected chi connectivity index (χ0v) is 13.1. The molecule has 1 heterocycles. The van der Waals surface area contributed by atoms with Gasteiger partial charge in [-0.3, -0.25) is 0 Å². The van der Waals surface area contributed by atoms with Crippen LogP contribution in [0.1, 0.15) is 11.1 Å². The topological polar surface area (TPSA) is 42.2 Å². The third-order valence-corrected chi connectivity index (χ3v) is 3.92. The van der Waals surface area contributed by atoms with Crippen molar-refractivity contribution in [3.05, 3.63) is 57.0 Å². The number of allylic oxidation sites excluding steroid dienone is 1. The van der Waals surface area contributed by atoms with Crippen LogP contribution in [-0.2, 0) is 0 Å². The Morgan fingerprint density at radius 2 is 1.86 bits per heavy atom. The molecule has 2 aromatic carbocycles. The summed E-state index contributed by atoms with van der Waals surface area (Å²) in [5.74, 6) is 1.26. The monoisotopic (exact) mass is 361 g/mol. The van der Waals surface area contributed by atoms with E-state index in [0.717, 1.165) is 15.6 Å². The average molecular weight is 363 g/mol. The van der Waals surface area contributed by atoms with Gasteiger partial charge >= 0.3 is 0 Å². The summed E-state index contributed by atoms with van der Waals surface area (Å²) in [6.07, 6.45) is 1.74. The molecule has 104 valence electrons. The lowest BCUT2D eigenvalue weighted by Crippen LogP contribution is -1.92. The Kier molecular flexibility index (Phi) is 3.87. The highest BCUT2D eigenvalue weighted by atomic mass is 79.9. The number of fused-ring (bicyclic) bond motifs is 1. The average Bonchev–Trinajstić information content (AvgIpc) is 2.93. The van der Waals surface area contributed by atoms with Crippen molar-refractivity contribution in [1.29, 1.82) is 5.26 Å². The molecule has 2 aromatic rings. The van der Waals surface area contributed by atoms with E-state index >= 15 is 0 Å². The van der Waals surface area contributed by atoms with Crippen LogP contribution >= 0.6 is 27.5 Å². The Hall–Kier alpha value is -1.96. The van der Waals surface area contributed by atoms with Crippen molar-refractivity contribution in [1.82, 2.24) is 0 Å². The van der Waals surface area contributed by atoms with E-state index in [4.69, 9.17) is 21.1 Å². The van der Waals surface area contributed by atoms with Gasteiger partial charge in [0.1, 0.15) is 0 Å². The normalized spacial score (nSPS) is 13.1. The maximum atomic E-state index is 9.37. The fraction of sp³-hybridized carbons (Fsp3) is 0.0625. The summed E-state index contributed by atoms with van der Waals surface area (Å²) in [6, 6.07) is 13.2. The fourth-order valence-electron chi connectivity index (χ4n) is 2.01. The molecule has 3 nitrogen and oxygen atoms in total. The van der Waals surface area contributed by atoms with Crippen LogP contribution in [0.3, 0.4) is 0 Å². The molecule has 0 unspecified atom stereocenters. The van der Waals surface area contributed by atoms with Crippen molar-refractivity contribution >= 4 is 39.2 Å². The smallest absolute Gasteiger partial charge is 0.231 e. The van der Waals surface area contributed by atoms with E-state index in [1.165, 1.54) is 0 Å². The second-order valence-corrected chi connectivity index (χ2v) is 5.73.